The Bertz CT molecular complexity index is 351. The van der Waals surface area contributed by atoms with Crippen molar-refractivity contribution in [2.24, 2.45) is 29.1 Å². The first-order chi connectivity index (χ1) is 11.1. The summed E-state index contributed by atoms with van der Waals surface area (Å²) in [7, 11) is 0. The van der Waals surface area contributed by atoms with Crippen molar-refractivity contribution in [3.8, 4) is 0 Å². The summed E-state index contributed by atoms with van der Waals surface area (Å²) in [5, 5.41) is 0. The minimum Gasteiger partial charge on any atom is -0.0880 e. The minimum atomic E-state index is 0.542. The Hall–Kier alpha value is -0.260. The standard InChI is InChI=1S/C23H42/c1-5-7-12-19-13-8-9-16-23(3,4)22(15-10-14-19)18-21-17-20(21)11-6-2/h10,14,19-22H,5-9,11-13,15-18H2,1-4H3. The smallest absolute Gasteiger partial charge is 0.0234 e. The monoisotopic (exact) mass is 318 g/mol. The molecule has 0 spiro atoms. The van der Waals surface area contributed by atoms with Gasteiger partial charge in [0.1, 0.15) is 0 Å². The van der Waals surface area contributed by atoms with Crippen molar-refractivity contribution >= 4 is 0 Å². The van der Waals surface area contributed by atoms with Crippen molar-refractivity contribution < 1.29 is 0 Å². The van der Waals surface area contributed by atoms with Crippen LogP contribution in [0.2, 0.25) is 0 Å². The van der Waals surface area contributed by atoms with Crippen LogP contribution < -0.4 is 0 Å². The molecule has 0 aliphatic heterocycles. The van der Waals surface area contributed by atoms with E-state index in [1.165, 1.54) is 77.0 Å². The normalized spacial score (nSPS) is 34.3. The van der Waals surface area contributed by atoms with Crippen LogP contribution in [0.25, 0.3) is 0 Å². The van der Waals surface area contributed by atoms with E-state index in [-0.39, 0.29) is 0 Å². The quantitative estimate of drug-likeness (QED) is 0.420. The van der Waals surface area contributed by atoms with E-state index in [0.29, 0.717) is 5.41 Å². The topological polar surface area (TPSA) is 0 Å². The largest absolute Gasteiger partial charge is 0.0880 e. The summed E-state index contributed by atoms with van der Waals surface area (Å²) in [6, 6.07) is 0. The average Bonchev–Trinajstić information content (AvgIpc) is 3.25. The van der Waals surface area contributed by atoms with Gasteiger partial charge in [0.05, 0.1) is 0 Å². The molecule has 0 heterocycles. The highest BCUT2D eigenvalue weighted by Gasteiger charge is 2.40. The predicted octanol–water partition coefficient (Wildman–Crippen LogP) is 7.78. The maximum Gasteiger partial charge on any atom is -0.0234 e. The van der Waals surface area contributed by atoms with Gasteiger partial charge in [0.2, 0.25) is 0 Å². The fourth-order valence-corrected chi connectivity index (χ4v) is 4.85. The van der Waals surface area contributed by atoms with Gasteiger partial charge < -0.3 is 0 Å². The highest BCUT2D eigenvalue weighted by molar-refractivity contribution is 4.97. The molecule has 0 radical (unpaired) electrons. The van der Waals surface area contributed by atoms with Crippen molar-refractivity contribution in [1.29, 1.82) is 0 Å². The molecule has 4 unspecified atom stereocenters. The third-order valence-electron chi connectivity index (χ3n) is 6.82. The van der Waals surface area contributed by atoms with Crippen molar-refractivity contribution in [2.45, 2.75) is 105 Å². The lowest BCUT2D eigenvalue weighted by Crippen LogP contribution is -2.25. The number of hydrogen-bond donors (Lipinski definition) is 0. The Kier molecular flexibility index (Phi) is 7.70. The molecule has 134 valence electrons. The van der Waals surface area contributed by atoms with Crippen LogP contribution in [0.1, 0.15) is 105 Å². The van der Waals surface area contributed by atoms with E-state index in [1.807, 2.05) is 0 Å². The molecule has 0 aromatic rings. The van der Waals surface area contributed by atoms with Gasteiger partial charge in [-0.3, -0.25) is 0 Å². The molecule has 23 heavy (non-hydrogen) atoms. The molecule has 0 heteroatoms. The number of allylic oxidation sites excluding steroid dienone is 2. The fourth-order valence-electron chi connectivity index (χ4n) is 4.85. The van der Waals surface area contributed by atoms with Gasteiger partial charge in [-0.15, -0.1) is 0 Å². The summed E-state index contributed by atoms with van der Waals surface area (Å²) in [6.45, 7) is 9.78. The molecule has 2 aliphatic carbocycles. The van der Waals surface area contributed by atoms with Crippen molar-refractivity contribution in [3.63, 3.8) is 0 Å². The summed E-state index contributed by atoms with van der Waals surface area (Å²) in [4.78, 5) is 0. The van der Waals surface area contributed by atoms with Crippen LogP contribution in [0.4, 0.5) is 0 Å². The van der Waals surface area contributed by atoms with E-state index >= 15 is 0 Å². The zero-order valence-corrected chi connectivity index (χ0v) is 16.4. The molecule has 2 rings (SSSR count). The van der Waals surface area contributed by atoms with Crippen LogP contribution in [0.3, 0.4) is 0 Å². The van der Waals surface area contributed by atoms with Gasteiger partial charge in [0, 0.05) is 0 Å². The number of hydrogen-bond acceptors (Lipinski definition) is 0. The van der Waals surface area contributed by atoms with E-state index in [0.717, 1.165) is 23.7 Å². The Balaban J connectivity index is 1.92. The molecule has 1 fully saturated rings. The van der Waals surface area contributed by atoms with Gasteiger partial charge in [0.25, 0.3) is 0 Å². The fraction of sp³-hybridized carbons (Fsp3) is 0.913. The SMILES string of the molecule is CCCCC1C=CCC(CC2CC2CCC)C(C)(C)CCCC1. The zero-order valence-electron chi connectivity index (χ0n) is 16.4. The second-order valence-corrected chi connectivity index (χ2v) is 9.28. The van der Waals surface area contributed by atoms with Crippen LogP contribution in [0.15, 0.2) is 12.2 Å². The van der Waals surface area contributed by atoms with Gasteiger partial charge in [0.15, 0.2) is 0 Å². The Labute approximate surface area is 146 Å². The van der Waals surface area contributed by atoms with Gasteiger partial charge in [-0.05, 0) is 67.6 Å². The third-order valence-corrected chi connectivity index (χ3v) is 6.82. The average molecular weight is 319 g/mol. The van der Waals surface area contributed by atoms with E-state index in [9.17, 15) is 0 Å². The molecule has 0 bridgehead atoms. The summed E-state index contributed by atoms with van der Waals surface area (Å²) >= 11 is 0. The highest BCUT2D eigenvalue weighted by atomic mass is 14.5. The zero-order chi connectivity index (χ0) is 16.7. The van der Waals surface area contributed by atoms with E-state index in [2.05, 4.69) is 39.8 Å². The number of unbranched alkanes of at least 4 members (excludes halogenated alkanes) is 1. The van der Waals surface area contributed by atoms with Crippen LogP contribution in [-0.4, -0.2) is 0 Å². The molecule has 1 saturated carbocycles. The maximum absolute atomic E-state index is 2.60. The molecular weight excluding hydrogens is 276 g/mol. The Morgan fingerprint density at radius 3 is 2.57 bits per heavy atom. The first-order valence-electron chi connectivity index (χ1n) is 10.7. The van der Waals surface area contributed by atoms with E-state index in [1.54, 1.807) is 0 Å². The van der Waals surface area contributed by atoms with Gasteiger partial charge in [-0.1, -0.05) is 78.4 Å². The van der Waals surface area contributed by atoms with Crippen LogP contribution in [-0.2, 0) is 0 Å². The highest BCUT2D eigenvalue weighted by Crippen LogP contribution is 2.50. The van der Waals surface area contributed by atoms with Crippen molar-refractivity contribution in [3.05, 3.63) is 12.2 Å². The van der Waals surface area contributed by atoms with Gasteiger partial charge in [-0.25, -0.2) is 0 Å². The second-order valence-electron chi connectivity index (χ2n) is 9.28. The van der Waals surface area contributed by atoms with Crippen molar-refractivity contribution in [1.82, 2.24) is 0 Å². The van der Waals surface area contributed by atoms with Gasteiger partial charge in [-0.2, -0.15) is 0 Å². The molecule has 4 atom stereocenters. The predicted molar refractivity (Wildman–Crippen MR) is 104 cm³/mol. The molecular formula is C23H42. The summed E-state index contributed by atoms with van der Waals surface area (Å²) in [5.41, 5.74) is 0.542. The molecule has 0 amide bonds. The summed E-state index contributed by atoms with van der Waals surface area (Å²) < 4.78 is 0. The number of rotatable bonds is 7. The third kappa shape index (κ3) is 6.28. The molecule has 2 aliphatic rings. The second kappa shape index (κ2) is 9.28. The first kappa shape index (κ1) is 19.1. The molecule has 0 nitrogen and oxygen atoms in total. The van der Waals surface area contributed by atoms with Gasteiger partial charge >= 0.3 is 0 Å². The molecule has 0 saturated heterocycles. The van der Waals surface area contributed by atoms with Crippen LogP contribution in [0.5, 0.6) is 0 Å². The van der Waals surface area contributed by atoms with Crippen LogP contribution in [0, 0.1) is 29.1 Å². The van der Waals surface area contributed by atoms with E-state index < -0.39 is 0 Å². The lowest BCUT2D eigenvalue weighted by atomic mass is 9.70. The molecule has 0 N–H and O–H groups in total. The van der Waals surface area contributed by atoms with E-state index in [4.69, 9.17) is 0 Å². The van der Waals surface area contributed by atoms with Crippen molar-refractivity contribution in [2.75, 3.05) is 0 Å². The Morgan fingerprint density at radius 2 is 1.83 bits per heavy atom. The Morgan fingerprint density at radius 1 is 1.00 bits per heavy atom. The first-order valence-corrected chi connectivity index (χ1v) is 10.7. The maximum atomic E-state index is 2.60. The summed E-state index contributed by atoms with van der Waals surface area (Å²) in [5.74, 6) is 3.92. The molecule has 0 aromatic heterocycles. The molecule has 0 aromatic carbocycles. The van der Waals surface area contributed by atoms with Crippen LogP contribution >= 0.6 is 0 Å². The lowest BCUT2D eigenvalue weighted by molar-refractivity contribution is 0.167. The lowest BCUT2D eigenvalue weighted by Gasteiger charge is -2.35. The minimum absolute atomic E-state index is 0.542. The summed E-state index contributed by atoms with van der Waals surface area (Å²) in [6.07, 6.45) is 22.3.